The predicted octanol–water partition coefficient (Wildman–Crippen LogP) is 3.88. The van der Waals surface area contributed by atoms with Gasteiger partial charge in [-0.1, -0.05) is 25.6 Å². The molecular formula is C22H22F3N3O3. The number of hydrogen-bond acceptors (Lipinski definition) is 3. The van der Waals surface area contributed by atoms with Gasteiger partial charge in [0.25, 0.3) is 5.56 Å². The largest absolute Gasteiger partial charge is 0.416 e. The molecule has 31 heavy (non-hydrogen) atoms. The summed E-state index contributed by atoms with van der Waals surface area (Å²) in [5, 5.41) is 3.43. The van der Waals surface area contributed by atoms with Crippen LogP contribution in [-0.4, -0.2) is 16.4 Å². The number of alkyl halides is 3. The molecule has 0 radical (unpaired) electrons. The molecule has 0 unspecified atom stereocenters. The summed E-state index contributed by atoms with van der Waals surface area (Å²) in [7, 11) is 0. The van der Waals surface area contributed by atoms with Gasteiger partial charge in [0.05, 0.1) is 12.0 Å². The number of halogens is 3. The fourth-order valence-corrected chi connectivity index (χ4v) is 3.04. The first-order chi connectivity index (χ1) is 14.1. The van der Waals surface area contributed by atoms with Gasteiger partial charge in [0.15, 0.2) is 0 Å². The van der Waals surface area contributed by atoms with E-state index in [-0.39, 0.29) is 19.2 Å². The van der Waals surface area contributed by atoms with Crippen molar-refractivity contribution in [3.05, 3.63) is 76.2 Å². The molecule has 0 saturated carbocycles. The lowest BCUT2D eigenvalue weighted by Crippen LogP contribution is -2.31. The van der Waals surface area contributed by atoms with Crippen LogP contribution < -0.4 is 16.6 Å². The number of nitrogens with zero attached hydrogens (tertiary/aromatic N) is 1. The van der Waals surface area contributed by atoms with Crippen LogP contribution in [0, 0.1) is 0 Å². The van der Waals surface area contributed by atoms with E-state index in [1.807, 2.05) is 0 Å². The lowest BCUT2D eigenvalue weighted by atomic mass is 10.1. The quantitative estimate of drug-likeness (QED) is 0.639. The molecule has 164 valence electrons. The number of carbonyl (C=O) groups excluding carboxylic acids is 2. The van der Waals surface area contributed by atoms with Gasteiger partial charge < -0.3 is 15.6 Å². The predicted molar refractivity (Wildman–Crippen MR) is 113 cm³/mol. The zero-order chi connectivity index (χ0) is 22.1. The van der Waals surface area contributed by atoms with Crippen LogP contribution in [0.1, 0.15) is 31.5 Å². The van der Waals surface area contributed by atoms with Crippen LogP contribution >= 0.6 is 0 Å². The van der Waals surface area contributed by atoms with E-state index in [0.29, 0.717) is 16.6 Å². The van der Waals surface area contributed by atoms with Crippen molar-refractivity contribution in [1.29, 1.82) is 0 Å². The third-order valence-electron chi connectivity index (χ3n) is 4.72. The fraction of sp³-hybridized carbons (Fsp3) is 0.227. The van der Waals surface area contributed by atoms with E-state index in [1.165, 1.54) is 29.8 Å². The second-order valence-corrected chi connectivity index (χ2v) is 6.79. The maximum absolute atomic E-state index is 12.7. The average molecular weight is 433 g/mol. The molecule has 3 aromatic rings. The highest BCUT2D eigenvalue weighted by Gasteiger charge is 2.30. The van der Waals surface area contributed by atoms with Crippen molar-refractivity contribution in [3.63, 3.8) is 0 Å². The zero-order valence-electron chi connectivity index (χ0n) is 15.9. The molecular weight excluding hydrogens is 411 g/mol. The number of hydrogen-bond donors (Lipinski definition) is 2. The molecule has 0 fully saturated rings. The Labute approximate surface area is 176 Å². The molecule has 0 spiro atoms. The highest BCUT2D eigenvalue weighted by molar-refractivity contribution is 6.02. The average Bonchev–Trinajstić information content (AvgIpc) is 2.68. The van der Waals surface area contributed by atoms with Gasteiger partial charge in [-0.25, -0.2) is 0 Å². The standard InChI is InChI=1S/C21H18F3N3O3.CH4/c1-12(19(25)29)27-10-9-15-16(20(27)30)3-2-4-17(15)26-18(28)11-13-5-7-14(8-6-13)21(22,23)24;/h2-10,12H,11H2,1H3,(H2,25,29)(H,26,28);1H4/t12-;/m0./s1. The minimum Gasteiger partial charge on any atom is -0.368 e. The zero-order valence-corrected chi connectivity index (χ0v) is 15.9. The first kappa shape index (κ1) is 23.7. The Morgan fingerprint density at radius 1 is 1.06 bits per heavy atom. The Morgan fingerprint density at radius 3 is 2.29 bits per heavy atom. The maximum atomic E-state index is 12.7. The van der Waals surface area contributed by atoms with Crippen LogP contribution in [0.4, 0.5) is 18.9 Å². The number of nitrogens with two attached hydrogens (primary N) is 1. The molecule has 3 N–H and O–H groups in total. The van der Waals surface area contributed by atoms with E-state index in [9.17, 15) is 27.6 Å². The third kappa shape index (κ3) is 5.11. The summed E-state index contributed by atoms with van der Waals surface area (Å²) in [4.78, 5) is 36.4. The fourth-order valence-electron chi connectivity index (χ4n) is 3.04. The van der Waals surface area contributed by atoms with Crippen LogP contribution in [0.25, 0.3) is 10.8 Å². The Kier molecular flexibility index (Phi) is 6.89. The number of anilines is 1. The molecule has 0 aliphatic carbocycles. The van der Waals surface area contributed by atoms with Gasteiger partial charge in [0.2, 0.25) is 11.8 Å². The minimum absolute atomic E-state index is 0. The lowest BCUT2D eigenvalue weighted by Gasteiger charge is -2.14. The van der Waals surface area contributed by atoms with Crippen molar-refractivity contribution < 1.29 is 22.8 Å². The Bertz CT molecular complexity index is 1170. The molecule has 1 aromatic heterocycles. The molecule has 2 aromatic carbocycles. The normalized spacial score (nSPS) is 12.1. The SMILES string of the molecule is C.C[C@@H](C(N)=O)n1ccc2c(NC(=O)Cc3ccc(C(F)(F)F)cc3)cccc2c1=O. The Morgan fingerprint density at radius 2 is 1.71 bits per heavy atom. The van der Waals surface area contributed by atoms with Crippen molar-refractivity contribution in [2.75, 3.05) is 5.32 Å². The number of primary amides is 1. The molecule has 9 heteroatoms. The number of nitrogens with one attached hydrogen (secondary N) is 1. The lowest BCUT2D eigenvalue weighted by molar-refractivity contribution is -0.137. The molecule has 0 aliphatic rings. The highest BCUT2D eigenvalue weighted by Crippen LogP contribution is 2.29. The van der Waals surface area contributed by atoms with E-state index in [1.54, 1.807) is 24.3 Å². The van der Waals surface area contributed by atoms with E-state index in [0.717, 1.165) is 12.1 Å². The van der Waals surface area contributed by atoms with Crippen LogP contribution in [0.15, 0.2) is 59.5 Å². The van der Waals surface area contributed by atoms with Crippen LogP contribution in [0.5, 0.6) is 0 Å². The first-order valence-electron chi connectivity index (χ1n) is 8.97. The monoisotopic (exact) mass is 433 g/mol. The summed E-state index contributed by atoms with van der Waals surface area (Å²) < 4.78 is 39.1. The summed E-state index contributed by atoms with van der Waals surface area (Å²) in [6.45, 7) is 1.51. The van der Waals surface area contributed by atoms with Gasteiger partial charge in [-0.15, -0.1) is 0 Å². The number of aromatic nitrogens is 1. The molecule has 2 amide bonds. The topological polar surface area (TPSA) is 94.2 Å². The van der Waals surface area contributed by atoms with Crippen molar-refractivity contribution in [2.24, 2.45) is 5.73 Å². The van der Waals surface area contributed by atoms with Gasteiger partial charge in [-0.2, -0.15) is 13.2 Å². The summed E-state index contributed by atoms with van der Waals surface area (Å²) in [6.07, 6.45) is -3.15. The number of rotatable bonds is 5. The molecule has 0 saturated heterocycles. The summed E-state index contributed by atoms with van der Waals surface area (Å²) in [6, 6.07) is 9.83. The van der Waals surface area contributed by atoms with Gasteiger partial charge in [-0.05, 0) is 42.8 Å². The molecule has 3 rings (SSSR count). The van der Waals surface area contributed by atoms with Gasteiger partial charge in [0.1, 0.15) is 6.04 Å². The summed E-state index contributed by atoms with van der Waals surface area (Å²) in [5.74, 6) is -1.10. The second kappa shape index (κ2) is 9.03. The van der Waals surface area contributed by atoms with Crippen LogP contribution in [-0.2, 0) is 22.2 Å². The van der Waals surface area contributed by atoms with Crippen molar-refractivity contribution >= 4 is 28.3 Å². The second-order valence-electron chi connectivity index (χ2n) is 6.79. The summed E-state index contributed by atoms with van der Waals surface area (Å²) >= 11 is 0. The highest BCUT2D eigenvalue weighted by atomic mass is 19.4. The first-order valence-corrected chi connectivity index (χ1v) is 8.97. The number of benzene rings is 2. The van der Waals surface area contributed by atoms with Gasteiger partial charge in [0, 0.05) is 22.7 Å². The number of amides is 2. The van der Waals surface area contributed by atoms with E-state index >= 15 is 0 Å². The van der Waals surface area contributed by atoms with Gasteiger partial charge >= 0.3 is 6.18 Å². The number of fused-ring (bicyclic) bond motifs is 1. The van der Waals surface area contributed by atoms with Gasteiger partial charge in [-0.3, -0.25) is 14.4 Å². The number of pyridine rings is 1. The number of carbonyl (C=O) groups is 2. The van der Waals surface area contributed by atoms with E-state index in [4.69, 9.17) is 5.73 Å². The Balaban J connectivity index is 0.00000341. The van der Waals surface area contributed by atoms with Crippen LogP contribution in [0.3, 0.4) is 0 Å². The van der Waals surface area contributed by atoms with E-state index < -0.39 is 35.2 Å². The molecule has 0 bridgehead atoms. The third-order valence-corrected chi connectivity index (χ3v) is 4.72. The molecule has 0 aliphatic heterocycles. The van der Waals surface area contributed by atoms with Crippen molar-refractivity contribution in [2.45, 2.75) is 33.0 Å². The molecule has 1 heterocycles. The molecule has 6 nitrogen and oxygen atoms in total. The van der Waals surface area contributed by atoms with E-state index in [2.05, 4.69) is 5.32 Å². The minimum atomic E-state index is -4.44. The maximum Gasteiger partial charge on any atom is 0.416 e. The van der Waals surface area contributed by atoms with Crippen LogP contribution in [0.2, 0.25) is 0 Å². The van der Waals surface area contributed by atoms with Crippen molar-refractivity contribution in [3.8, 4) is 0 Å². The summed E-state index contributed by atoms with van der Waals surface area (Å²) in [5.41, 5.74) is 4.83. The Hall–Kier alpha value is -3.62. The molecule has 1 atom stereocenters. The smallest absolute Gasteiger partial charge is 0.368 e. The van der Waals surface area contributed by atoms with Crippen molar-refractivity contribution in [1.82, 2.24) is 4.57 Å².